The Balaban J connectivity index is 1.51. The summed E-state index contributed by atoms with van der Waals surface area (Å²) in [5, 5.41) is 0. The molecular weight excluding hydrogens is 434 g/mol. The molecule has 0 radical (unpaired) electrons. The van der Waals surface area contributed by atoms with Crippen LogP contribution >= 0.6 is 12.2 Å². The number of esters is 2. The lowest BCUT2D eigenvalue weighted by atomic mass is 10.1. The van der Waals surface area contributed by atoms with E-state index in [1.807, 2.05) is 0 Å². The van der Waals surface area contributed by atoms with Crippen molar-refractivity contribution < 1.29 is 23.8 Å². The first kappa shape index (κ1) is 21.6. The van der Waals surface area contributed by atoms with Gasteiger partial charge in [0.2, 0.25) is 4.77 Å². The number of H-pyrrole nitrogens is 1. The summed E-state index contributed by atoms with van der Waals surface area (Å²) in [6.07, 6.45) is -0.892. The van der Waals surface area contributed by atoms with E-state index >= 15 is 0 Å². The number of nitrogens with one attached hydrogen (secondary N) is 1. The second kappa shape index (κ2) is 9.67. The molecule has 32 heavy (non-hydrogen) atoms. The maximum Gasteiger partial charge on any atom is 0.338 e. The Morgan fingerprint density at radius 3 is 2.31 bits per heavy atom. The molecule has 1 unspecified atom stereocenters. The van der Waals surface area contributed by atoms with Gasteiger partial charge < -0.3 is 14.2 Å². The summed E-state index contributed by atoms with van der Waals surface area (Å²) < 4.78 is 18.2. The lowest BCUT2D eigenvalue weighted by Crippen LogP contribution is -2.32. The first-order valence-corrected chi connectivity index (χ1v) is 10.2. The molecule has 4 rings (SSSR count). The molecule has 10 heteroatoms. The van der Waals surface area contributed by atoms with Crippen LogP contribution in [0.2, 0.25) is 0 Å². The summed E-state index contributed by atoms with van der Waals surface area (Å²) in [5.41, 5.74) is 0.250. The van der Waals surface area contributed by atoms with Crippen molar-refractivity contribution in [3.63, 3.8) is 0 Å². The van der Waals surface area contributed by atoms with Crippen molar-refractivity contribution in [3.05, 3.63) is 93.4 Å². The van der Waals surface area contributed by atoms with Crippen molar-refractivity contribution in [1.29, 1.82) is 0 Å². The largest absolute Gasteiger partial charge is 0.459 e. The maximum atomic E-state index is 12.6. The lowest BCUT2D eigenvalue weighted by molar-refractivity contribution is -0.0585. The van der Waals surface area contributed by atoms with E-state index in [0.717, 1.165) is 0 Å². The number of nitrogens with zero attached hydrogens (tertiary/aromatic N) is 2. The average Bonchev–Trinajstić information content (AvgIpc) is 3.20. The molecule has 0 saturated carbocycles. The second-order valence-electron chi connectivity index (χ2n) is 7.03. The molecular formula is C22H19N3O6S. The molecule has 0 bridgehead atoms. The zero-order valence-electron chi connectivity index (χ0n) is 16.7. The van der Waals surface area contributed by atoms with Gasteiger partial charge in [-0.2, -0.15) is 0 Å². The highest BCUT2D eigenvalue weighted by Gasteiger charge is 2.40. The first-order chi connectivity index (χ1) is 15.5. The normalized spacial score (nSPS) is 19.9. The molecule has 1 N–H and O–H groups in total. The van der Waals surface area contributed by atoms with E-state index < -0.39 is 36.1 Å². The van der Waals surface area contributed by atoms with Gasteiger partial charge in [-0.25, -0.2) is 19.4 Å². The molecule has 2 heterocycles. The fraction of sp³-hybridized carbons (Fsp3) is 0.227. The molecule has 1 aliphatic rings. The summed E-state index contributed by atoms with van der Waals surface area (Å²) in [7, 11) is 0. The third kappa shape index (κ3) is 4.98. The summed E-state index contributed by atoms with van der Waals surface area (Å²) in [4.78, 5) is 43.5. The van der Waals surface area contributed by atoms with Crippen molar-refractivity contribution in [2.45, 2.75) is 24.9 Å². The van der Waals surface area contributed by atoms with Gasteiger partial charge in [0.15, 0.2) is 0 Å². The van der Waals surface area contributed by atoms with E-state index in [-0.39, 0.29) is 17.8 Å². The van der Waals surface area contributed by atoms with Gasteiger partial charge in [0.05, 0.1) is 11.1 Å². The van der Waals surface area contributed by atoms with Crippen molar-refractivity contribution in [3.8, 4) is 0 Å². The van der Waals surface area contributed by atoms with Crippen molar-refractivity contribution in [2.75, 3.05) is 6.61 Å². The number of hydrogen-bond acceptors (Lipinski definition) is 8. The zero-order chi connectivity index (χ0) is 22.5. The summed E-state index contributed by atoms with van der Waals surface area (Å²) >= 11 is 4.86. The van der Waals surface area contributed by atoms with Crippen molar-refractivity contribution >= 4 is 24.2 Å². The number of ether oxygens (including phenoxy) is 3. The first-order valence-electron chi connectivity index (χ1n) is 9.82. The minimum atomic E-state index is -0.782. The SMILES string of the molecule is O=C(OC[C@@H]1O[C@H](n2cnc(=S)[nH]c2=O)CC1OC(=O)c1ccccc1)c1ccccc1. The van der Waals surface area contributed by atoms with Crippen LogP contribution in [0.5, 0.6) is 0 Å². The lowest BCUT2D eigenvalue weighted by Gasteiger charge is -2.19. The van der Waals surface area contributed by atoms with Crippen LogP contribution in [-0.4, -0.2) is 45.3 Å². The number of aromatic nitrogens is 3. The van der Waals surface area contributed by atoms with E-state index in [4.69, 9.17) is 26.4 Å². The van der Waals surface area contributed by atoms with Crippen LogP contribution in [0.1, 0.15) is 33.4 Å². The van der Waals surface area contributed by atoms with Gasteiger partial charge in [0.1, 0.15) is 31.4 Å². The Hall–Kier alpha value is -3.63. The Kier molecular flexibility index (Phi) is 6.52. The van der Waals surface area contributed by atoms with Crippen LogP contribution < -0.4 is 5.69 Å². The molecule has 1 saturated heterocycles. The monoisotopic (exact) mass is 453 g/mol. The number of carbonyl (C=O) groups is 2. The molecule has 3 atom stereocenters. The predicted octanol–water partition coefficient (Wildman–Crippen LogP) is 2.67. The third-order valence-electron chi connectivity index (χ3n) is 4.89. The Bertz CT molecular complexity index is 1210. The van der Waals surface area contributed by atoms with Crippen molar-refractivity contribution in [2.24, 2.45) is 0 Å². The molecule has 0 aliphatic carbocycles. The van der Waals surface area contributed by atoms with Crippen LogP contribution in [0, 0.1) is 4.77 Å². The van der Waals surface area contributed by atoms with Gasteiger partial charge in [0.25, 0.3) is 0 Å². The molecule has 2 aromatic carbocycles. The third-order valence-corrected chi connectivity index (χ3v) is 5.10. The molecule has 0 spiro atoms. The van der Waals surface area contributed by atoms with Gasteiger partial charge in [-0.3, -0.25) is 9.55 Å². The van der Waals surface area contributed by atoms with Crippen LogP contribution in [0.3, 0.4) is 0 Å². The molecule has 1 aliphatic heterocycles. The van der Waals surface area contributed by atoms with E-state index in [1.165, 1.54) is 10.9 Å². The van der Waals surface area contributed by atoms with E-state index in [2.05, 4.69) is 9.97 Å². The fourth-order valence-electron chi connectivity index (χ4n) is 3.30. The highest BCUT2D eigenvalue weighted by atomic mass is 32.1. The molecule has 9 nitrogen and oxygen atoms in total. The smallest absolute Gasteiger partial charge is 0.338 e. The van der Waals surface area contributed by atoms with Crippen LogP contribution in [-0.2, 0) is 14.2 Å². The van der Waals surface area contributed by atoms with Gasteiger partial charge in [-0.1, -0.05) is 36.4 Å². The number of rotatable bonds is 6. The zero-order valence-corrected chi connectivity index (χ0v) is 17.6. The van der Waals surface area contributed by atoms with Crippen molar-refractivity contribution in [1.82, 2.24) is 14.5 Å². The number of aromatic amines is 1. The van der Waals surface area contributed by atoms with E-state index in [9.17, 15) is 14.4 Å². The summed E-state index contributed by atoms with van der Waals surface area (Å²) in [5.74, 6) is -1.08. The molecule has 0 amide bonds. The number of carbonyl (C=O) groups excluding carboxylic acids is 2. The Labute approximate surface area is 187 Å². The van der Waals surface area contributed by atoms with E-state index in [1.54, 1.807) is 60.7 Å². The quantitative estimate of drug-likeness (QED) is 0.448. The molecule has 1 fully saturated rings. The highest BCUT2D eigenvalue weighted by molar-refractivity contribution is 7.71. The summed E-state index contributed by atoms with van der Waals surface area (Å²) in [6.45, 7) is -0.165. The minimum absolute atomic E-state index is 0.0460. The van der Waals surface area contributed by atoms with Gasteiger partial charge in [-0.15, -0.1) is 0 Å². The molecule has 3 aromatic rings. The van der Waals surface area contributed by atoms with Crippen LogP contribution in [0.15, 0.2) is 71.8 Å². The minimum Gasteiger partial charge on any atom is -0.459 e. The van der Waals surface area contributed by atoms with Crippen LogP contribution in [0.25, 0.3) is 0 Å². The maximum absolute atomic E-state index is 12.6. The van der Waals surface area contributed by atoms with E-state index in [0.29, 0.717) is 11.1 Å². The standard InChI is InChI=1S/C22H19N3O6S/c26-19(14-7-3-1-4-8-14)29-12-17-16(31-20(27)15-9-5-2-6-10-15)11-18(30-17)25-13-23-21(32)24-22(25)28/h1-10,13,16-18H,11-12H2,(H,24,28,32)/t16?,17-,18-/m0/s1. The Morgan fingerprint density at radius 2 is 1.69 bits per heavy atom. The van der Waals surface area contributed by atoms with Gasteiger partial charge >= 0.3 is 17.6 Å². The fourth-order valence-corrected chi connectivity index (χ4v) is 3.44. The molecule has 164 valence electrons. The van der Waals surface area contributed by atoms with Gasteiger partial charge in [-0.05, 0) is 36.5 Å². The highest BCUT2D eigenvalue weighted by Crippen LogP contribution is 2.30. The second-order valence-corrected chi connectivity index (χ2v) is 7.41. The molecule has 1 aromatic heterocycles. The van der Waals surface area contributed by atoms with Crippen LogP contribution in [0.4, 0.5) is 0 Å². The average molecular weight is 453 g/mol. The van der Waals surface area contributed by atoms with Gasteiger partial charge in [0, 0.05) is 6.42 Å². The predicted molar refractivity (Wildman–Crippen MR) is 115 cm³/mol. The number of hydrogen-bond donors (Lipinski definition) is 1. The Morgan fingerprint density at radius 1 is 1.06 bits per heavy atom. The number of benzene rings is 2. The summed E-state index contributed by atoms with van der Waals surface area (Å²) in [6, 6.07) is 17.0. The topological polar surface area (TPSA) is 113 Å².